The van der Waals surface area contributed by atoms with E-state index in [2.05, 4.69) is 4.98 Å². The monoisotopic (exact) mass is 237 g/mol. The maximum atomic E-state index is 11.9. The Balaban J connectivity index is 2.74. The van der Waals surface area contributed by atoms with Crippen LogP contribution < -0.4 is 5.73 Å². The highest BCUT2D eigenvalue weighted by atomic mass is 16.2. The molecule has 5 nitrogen and oxygen atoms in total. The van der Waals surface area contributed by atoms with Crippen LogP contribution in [0.4, 0.5) is 0 Å². The lowest BCUT2D eigenvalue weighted by atomic mass is 10.2. The van der Waals surface area contributed by atoms with Gasteiger partial charge in [-0.05, 0) is 32.9 Å². The van der Waals surface area contributed by atoms with Gasteiger partial charge in [-0.25, -0.2) is 0 Å². The van der Waals surface area contributed by atoms with Crippen molar-refractivity contribution < 1.29 is 9.59 Å². The molecule has 1 atom stereocenters. The van der Waals surface area contributed by atoms with Crippen LogP contribution in [0.1, 0.15) is 31.3 Å². The van der Waals surface area contributed by atoms with Gasteiger partial charge in [-0.2, -0.15) is 0 Å². The zero-order chi connectivity index (χ0) is 13.0. The number of nitrogens with zero attached hydrogens (tertiary/aromatic N) is 1. The molecule has 0 saturated carbocycles. The number of nitrogens with two attached hydrogens (primary N) is 1. The molecule has 0 bridgehead atoms. The van der Waals surface area contributed by atoms with Crippen LogP contribution in [0.15, 0.2) is 18.3 Å². The van der Waals surface area contributed by atoms with Crippen LogP contribution in [0.5, 0.6) is 0 Å². The van der Waals surface area contributed by atoms with Crippen molar-refractivity contribution in [1.82, 2.24) is 9.88 Å². The molecule has 94 valence electrons. The third-order valence-corrected chi connectivity index (χ3v) is 2.51. The average Bonchev–Trinajstić information content (AvgIpc) is 2.77. The molecule has 0 spiro atoms. The molecule has 0 saturated heterocycles. The molecule has 5 heteroatoms. The standard InChI is InChI=1S/C12H19N3O2/c1-8(2)15(12(17)9(3)13)7-11(16)10-5-4-6-14-10/h4-6,8-9,14H,7,13H2,1-3H3/t9-/m0/s1. The maximum absolute atomic E-state index is 11.9. The van der Waals surface area contributed by atoms with E-state index in [0.717, 1.165) is 0 Å². The molecule has 0 aromatic carbocycles. The summed E-state index contributed by atoms with van der Waals surface area (Å²) in [4.78, 5) is 28.0. The van der Waals surface area contributed by atoms with E-state index in [4.69, 9.17) is 5.73 Å². The van der Waals surface area contributed by atoms with Gasteiger partial charge in [0.15, 0.2) is 5.78 Å². The zero-order valence-corrected chi connectivity index (χ0v) is 10.4. The molecule has 1 aromatic rings. The number of Topliss-reactive ketones (excluding diaryl/α,β-unsaturated/α-hetero) is 1. The van der Waals surface area contributed by atoms with E-state index in [1.165, 1.54) is 4.90 Å². The molecule has 0 aliphatic heterocycles. The number of nitrogens with one attached hydrogen (secondary N) is 1. The van der Waals surface area contributed by atoms with Crippen LogP contribution in [-0.2, 0) is 4.79 Å². The number of aromatic nitrogens is 1. The van der Waals surface area contributed by atoms with Gasteiger partial charge >= 0.3 is 0 Å². The summed E-state index contributed by atoms with van der Waals surface area (Å²) < 4.78 is 0. The number of amides is 1. The summed E-state index contributed by atoms with van der Waals surface area (Å²) in [6, 6.07) is 2.80. The van der Waals surface area contributed by atoms with Crippen molar-refractivity contribution in [3.05, 3.63) is 24.0 Å². The predicted octanol–water partition coefficient (Wildman–Crippen LogP) is 0.782. The Bertz CT molecular complexity index is 382. The van der Waals surface area contributed by atoms with Crippen molar-refractivity contribution in [2.24, 2.45) is 5.73 Å². The van der Waals surface area contributed by atoms with E-state index < -0.39 is 6.04 Å². The highest BCUT2D eigenvalue weighted by molar-refractivity contribution is 5.98. The third kappa shape index (κ3) is 3.42. The van der Waals surface area contributed by atoms with Crippen LogP contribution in [-0.4, -0.2) is 40.2 Å². The summed E-state index contributed by atoms with van der Waals surface area (Å²) >= 11 is 0. The van der Waals surface area contributed by atoms with Gasteiger partial charge in [0, 0.05) is 12.2 Å². The van der Waals surface area contributed by atoms with Gasteiger partial charge in [-0.3, -0.25) is 9.59 Å². The second-order valence-corrected chi connectivity index (χ2v) is 4.36. The smallest absolute Gasteiger partial charge is 0.239 e. The van der Waals surface area contributed by atoms with Crippen molar-refractivity contribution in [3.8, 4) is 0 Å². The van der Waals surface area contributed by atoms with Gasteiger partial charge < -0.3 is 15.6 Å². The topological polar surface area (TPSA) is 79.2 Å². The lowest BCUT2D eigenvalue weighted by molar-refractivity contribution is -0.133. The minimum Gasteiger partial charge on any atom is -0.359 e. The van der Waals surface area contributed by atoms with Crippen LogP contribution in [0, 0.1) is 0 Å². The first-order valence-electron chi connectivity index (χ1n) is 5.66. The predicted molar refractivity (Wildman–Crippen MR) is 65.6 cm³/mol. The highest BCUT2D eigenvalue weighted by Gasteiger charge is 2.23. The van der Waals surface area contributed by atoms with Gasteiger partial charge in [0.05, 0.1) is 18.3 Å². The summed E-state index contributed by atoms with van der Waals surface area (Å²) in [5.41, 5.74) is 6.07. The fraction of sp³-hybridized carbons (Fsp3) is 0.500. The van der Waals surface area contributed by atoms with Gasteiger partial charge in [-0.1, -0.05) is 0 Å². The minimum absolute atomic E-state index is 0.0487. The van der Waals surface area contributed by atoms with Crippen molar-refractivity contribution in [2.75, 3.05) is 6.54 Å². The Labute approximate surface area is 101 Å². The summed E-state index contributed by atoms with van der Waals surface area (Å²) in [7, 11) is 0. The van der Waals surface area contributed by atoms with Crippen molar-refractivity contribution in [3.63, 3.8) is 0 Å². The number of aromatic amines is 1. The Morgan fingerprint density at radius 1 is 1.41 bits per heavy atom. The molecular weight excluding hydrogens is 218 g/mol. The summed E-state index contributed by atoms with van der Waals surface area (Å²) in [6.45, 7) is 5.40. The maximum Gasteiger partial charge on any atom is 0.239 e. The number of carbonyl (C=O) groups excluding carboxylic acids is 2. The van der Waals surface area contributed by atoms with Crippen molar-refractivity contribution >= 4 is 11.7 Å². The van der Waals surface area contributed by atoms with Crippen LogP contribution >= 0.6 is 0 Å². The molecule has 0 unspecified atom stereocenters. The molecule has 1 amide bonds. The fourth-order valence-electron chi connectivity index (χ4n) is 1.52. The normalized spacial score (nSPS) is 12.5. The summed E-state index contributed by atoms with van der Waals surface area (Å²) in [5, 5.41) is 0. The van der Waals surface area contributed by atoms with Gasteiger partial charge in [-0.15, -0.1) is 0 Å². The van der Waals surface area contributed by atoms with Crippen LogP contribution in [0.25, 0.3) is 0 Å². The first-order valence-corrected chi connectivity index (χ1v) is 5.66. The Hall–Kier alpha value is -1.62. The largest absolute Gasteiger partial charge is 0.359 e. The highest BCUT2D eigenvalue weighted by Crippen LogP contribution is 2.05. The minimum atomic E-state index is -0.589. The van der Waals surface area contributed by atoms with E-state index >= 15 is 0 Å². The average molecular weight is 237 g/mol. The van der Waals surface area contributed by atoms with E-state index in [-0.39, 0.29) is 24.3 Å². The van der Waals surface area contributed by atoms with Gasteiger partial charge in [0.1, 0.15) is 0 Å². The molecule has 0 aliphatic carbocycles. The molecule has 0 radical (unpaired) electrons. The summed E-state index contributed by atoms with van der Waals surface area (Å²) in [5.74, 6) is -0.322. The van der Waals surface area contributed by atoms with Gasteiger partial charge in [0.2, 0.25) is 5.91 Å². The first-order chi connectivity index (χ1) is 7.93. The molecule has 17 heavy (non-hydrogen) atoms. The number of hydrogen-bond acceptors (Lipinski definition) is 3. The van der Waals surface area contributed by atoms with Crippen LogP contribution in [0.2, 0.25) is 0 Å². The Kier molecular flexibility index (Phi) is 4.45. The summed E-state index contributed by atoms with van der Waals surface area (Å²) in [6.07, 6.45) is 1.68. The van der Waals surface area contributed by atoms with E-state index in [9.17, 15) is 9.59 Å². The van der Waals surface area contributed by atoms with E-state index in [1.54, 1.807) is 25.3 Å². The quantitative estimate of drug-likeness (QED) is 0.743. The van der Waals surface area contributed by atoms with Crippen LogP contribution in [0.3, 0.4) is 0 Å². The number of carbonyl (C=O) groups is 2. The number of rotatable bonds is 5. The number of H-pyrrole nitrogens is 1. The molecule has 1 rings (SSSR count). The van der Waals surface area contributed by atoms with E-state index in [1.807, 2.05) is 13.8 Å². The zero-order valence-electron chi connectivity index (χ0n) is 10.4. The molecule has 1 heterocycles. The molecule has 1 aromatic heterocycles. The molecule has 0 aliphatic rings. The molecular formula is C12H19N3O2. The number of ketones is 1. The van der Waals surface area contributed by atoms with Crippen molar-refractivity contribution in [2.45, 2.75) is 32.9 Å². The lowest BCUT2D eigenvalue weighted by Gasteiger charge is -2.27. The Morgan fingerprint density at radius 3 is 2.47 bits per heavy atom. The fourth-order valence-corrected chi connectivity index (χ4v) is 1.52. The third-order valence-electron chi connectivity index (χ3n) is 2.51. The lowest BCUT2D eigenvalue weighted by Crippen LogP contribution is -2.47. The first kappa shape index (κ1) is 13.4. The molecule has 3 N–H and O–H groups in total. The molecule has 0 fully saturated rings. The van der Waals surface area contributed by atoms with Gasteiger partial charge in [0.25, 0.3) is 0 Å². The van der Waals surface area contributed by atoms with Crippen molar-refractivity contribution in [1.29, 1.82) is 0 Å². The second kappa shape index (κ2) is 5.63. The number of hydrogen-bond donors (Lipinski definition) is 2. The second-order valence-electron chi connectivity index (χ2n) is 4.36. The Morgan fingerprint density at radius 2 is 2.06 bits per heavy atom. The SMILES string of the molecule is CC(C)N(CC(=O)c1ccc[nH]1)C(=O)[C@H](C)N. The van der Waals surface area contributed by atoms with E-state index in [0.29, 0.717) is 5.69 Å².